The number of nitrogens with one attached hydrogen (secondary N) is 1. The third-order valence-corrected chi connectivity index (χ3v) is 3.52. The van der Waals surface area contributed by atoms with Crippen LogP contribution in [-0.2, 0) is 0 Å². The Balaban J connectivity index is 1.91. The third kappa shape index (κ3) is 5.23. The Hall–Kier alpha value is 0.270. The predicted molar refractivity (Wildman–Crippen MR) is 66.1 cm³/mol. The fraction of sp³-hybridized carbons (Fsp3) is 1.00. The van der Waals surface area contributed by atoms with E-state index in [4.69, 9.17) is 0 Å². The molecule has 2 nitrogen and oxygen atoms in total. The quantitative estimate of drug-likeness (QED) is 0.699. The van der Waals surface area contributed by atoms with Gasteiger partial charge in [-0.05, 0) is 51.3 Å². The predicted octanol–water partition coefficient (Wildman–Crippen LogP) is 1.81. The molecule has 1 unspecified atom stereocenters. The van der Waals surface area contributed by atoms with Crippen LogP contribution in [0.25, 0.3) is 0 Å². The summed E-state index contributed by atoms with van der Waals surface area (Å²) in [6.07, 6.45) is 6.28. The lowest BCUT2D eigenvalue weighted by Gasteiger charge is -2.17. The fourth-order valence-electron chi connectivity index (χ4n) is 1.87. The van der Waals surface area contributed by atoms with E-state index in [0.29, 0.717) is 6.04 Å². The smallest absolute Gasteiger partial charge is 0.0107 e. The Morgan fingerprint density at radius 3 is 2.71 bits per heavy atom. The van der Waals surface area contributed by atoms with Crippen molar-refractivity contribution in [2.24, 2.45) is 0 Å². The highest BCUT2D eigenvalue weighted by Crippen LogP contribution is 2.05. The zero-order valence-electron chi connectivity index (χ0n) is 9.59. The van der Waals surface area contributed by atoms with Gasteiger partial charge in [0, 0.05) is 19.1 Å². The molecule has 0 radical (unpaired) electrons. The summed E-state index contributed by atoms with van der Waals surface area (Å²) in [6.45, 7) is 7.33. The summed E-state index contributed by atoms with van der Waals surface area (Å²) in [6, 6.07) is 0.685. The van der Waals surface area contributed by atoms with Gasteiger partial charge >= 0.3 is 0 Å². The highest BCUT2D eigenvalue weighted by molar-refractivity contribution is 7.98. The summed E-state index contributed by atoms with van der Waals surface area (Å²) >= 11 is 1.94. The van der Waals surface area contributed by atoms with Gasteiger partial charge < -0.3 is 10.2 Å². The van der Waals surface area contributed by atoms with Crippen LogP contribution in [0.3, 0.4) is 0 Å². The molecule has 0 aliphatic carbocycles. The number of hydrogen-bond donors (Lipinski definition) is 1. The zero-order chi connectivity index (χ0) is 10.2. The molecule has 0 bridgehead atoms. The second kappa shape index (κ2) is 7.55. The van der Waals surface area contributed by atoms with E-state index in [-0.39, 0.29) is 0 Å². The molecule has 0 aromatic rings. The van der Waals surface area contributed by atoms with E-state index < -0.39 is 0 Å². The van der Waals surface area contributed by atoms with Crippen molar-refractivity contribution in [2.75, 3.05) is 38.2 Å². The van der Waals surface area contributed by atoms with Gasteiger partial charge in [0.15, 0.2) is 0 Å². The van der Waals surface area contributed by atoms with Gasteiger partial charge in [-0.15, -0.1) is 0 Å². The van der Waals surface area contributed by atoms with E-state index in [0.717, 1.165) is 6.54 Å². The maximum atomic E-state index is 3.59. The van der Waals surface area contributed by atoms with Gasteiger partial charge in [0.1, 0.15) is 0 Å². The van der Waals surface area contributed by atoms with E-state index in [1.54, 1.807) is 0 Å². The topological polar surface area (TPSA) is 15.3 Å². The molecule has 1 aliphatic heterocycles. The summed E-state index contributed by atoms with van der Waals surface area (Å²) in [5.41, 5.74) is 0. The first kappa shape index (κ1) is 12.3. The lowest BCUT2D eigenvalue weighted by Crippen LogP contribution is -2.35. The van der Waals surface area contributed by atoms with Gasteiger partial charge in [-0.25, -0.2) is 0 Å². The van der Waals surface area contributed by atoms with Crippen molar-refractivity contribution in [3.05, 3.63) is 0 Å². The molecule has 3 heteroatoms. The second-order valence-electron chi connectivity index (χ2n) is 4.19. The third-order valence-electron chi connectivity index (χ3n) is 2.87. The molecule has 0 saturated carbocycles. The molecule has 0 aromatic heterocycles. The number of hydrogen-bond acceptors (Lipinski definition) is 3. The SMILES string of the molecule is CSCCC(C)NCCN1CCCC1. The Labute approximate surface area is 92.8 Å². The van der Waals surface area contributed by atoms with Crippen molar-refractivity contribution in [1.82, 2.24) is 10.2 Å². The monoisotopic (exact) mass is 216 g/mol. The Bertz CT molecular complexity index is 135. The van der Waals surface area contributed by atoms with Crippen molar-refractivity contribution in [2.45, 2.75) is 32.2 Å². The lowest BCUT2D eigenvalue weighted by molar-refractivity contribution is 0.328. The Morgan fingerprint density at radius 1 is 1.36 bits per heavy atom. The largest absolute Gasteiger partial charge is 0.313 e. The van der Waals surface area contributed by atoms with Crippen molar-refractivity contribution < 1.29 is 0 Å². The van der Waals surface area contributed by atoms with Crippen molar-refractivity contribution in [3.8, 4) is 0 Å². The number of thioether (sulfide) groups is 1. The molecule has 1 fully saturated rings. The molecule has 1 aliphatic rings. The minimum atomic E-state index is 0.685. The van der Waals surface area contributed by atoms with E-state index in [9.17, 15) is 0 Å². The molecule has 14 heavy (non-hydrogen) atoms. The minimum absolute atomic E-state index is 0.685. The average Bonchev–Trinajstić information content (AvgIpc) is 2.67. The molecule has 1 N–H and O–H groups in total. The van der Waals surface area contributed by atoms with Crippen LogP contribution >= 0.6 is 11.8 Å². The minimum Gasteiger partial charge on any atom is -0.313 e. The van der Waals surface area contributed by atoms with E-state index >= 15 is 0 Å². The summed E-state index contributed by atoms with van der Waals surface area (Å²) in [5, 5.41) is 3.59. The van der Waals surface area contributed by atoms with Gasteiger partial charge in [-0.3, -0.25) is 0 Å². The molecule has 0 aromatic carbocycles. The highest BCUT2D eigenvalue weighted by Gasteiger charge is 2.10. The first-order valence-electron chi connectivity index (χ1n) is 5.77. The van der Waals surface area contributed by atoms with Crippen molar-refractivity contribution in [1.29, 1.82) is 0 Å². The van der Waals surface area contributed by atoms with E-state index in [2.05, 4.69) is 23.4 Å². The van der Waals surface area contributed by atoms with Gasteiger partial charge in [0.25, 0.3) is 0 Å². The Kier molecular flexibility index (Phi) is 6.65. The van der Waals surface area contributed by atoms with Gasteiger partial charge in [0.2, 0.25) is 0 Å². The van der Waals surface area contributed by atoms with Crippen LogP contribution in [0.15, 0.2) is 0 Å². The molecule has 1 rings (SSSR count). The number of nitrogens with zero attached hydrogens (tertiary/aromatic N) is 1. The number of likely N-dealkylation sites (tertiary alicyclic amines) is 1. The normalized spacial score (nSPS) is 20.1. The Morgan fingerprint density at radius 2 is 2.07 bits per heavy atom. The van der Waals surface area contributed by atoms with Crippen LogP contribution < -0.4 is 5.32 Å². The molecular formula is C11H24N2S. The van der Waals surface area contributed by atoms with E-state index in [1.165, 1.54) is 44.6 Å². The molecule has 84 valence electrons. The van der Waals surface area contributed by atoms with Crippen LogP contribution in [0.4, 0.5) is 0 Å². The maximum absolute atomic E-state index is 3.59. The molecule has 0 spiro atoms. The summed E-state index contributed by atoms with van der Waals surface area (Å²) < 4.78 is 0. The van der Waals surface area contributed by atoms with Gasteiger partial charge in [-0.2, -0.15) is 11.8 Å². The standard InChI is InChI=1S/C11H24N2S/c1-11(5-10-14-2)12-6-9-13-7-3-4-8-13/h11-12H,3-10H2,1-2H3. The average molecular weight is 216 g/mol. The van der Waals surface area contributed by atoms with Crippen LogP contribution in [0, 0.1) is 0 Å². The summed E-state index contributed by atoms with van der Waals surface area (Å²) in [5.74, 6) is 1.28. The molecule has 0 amide bonds. The zero-order valence-corrected chi connectivity index (χ0v) is 10.4. The lowest BCUT2D eigenvalue weighted by atomic mass is 10.2. The number of rotatable bonds is 7. The van der Waals surface area contributed by atoms with Crippen molar-refractivity contribution >= 4 is 11.8 Å². The summed E-state index contributed by atoms with van der Waals surface area (Å²) in [7, 11) is 0. The molecule has 1 saturated heterocycles. The summed E-state index contributed by atoms with van der Waals surface area (Å²) in [4.78, 5) is 2.56. The van der Waals surface area contributed by atoms with Gasteiger partial charge in [-0.1, -0.05) is 0 Å². The van der Waals surface area contributed by atoms with Crippen molar-refractivity contribution in [3.63, 3.8) is 0 Å². The first-order chi connectivity index (χ1) is 6.83. The molecular weight excluding hydrogens is 192 g/mol. The van der Waals surface area contributed by atoms with Crippen LogP contribution in [0.2, 0.25) is 0 Å². The van der Waals surface area contributed by atoms with Crippen LogP contribution in [0.5, 0.6) is 0 Å². The van der Waals surface area contributed by atoms with Crippen LogP contribution in [-0.4, -0.2) is 49.1 Å². The fourth-order valence-corrected chi connectivity index (χ4v) is 2.46. The maximum Gasteiger partial charge on any atom is 0.0107 e. The second-order valence-corrected chi connectivity index (χ2v) is 5.17. The highest BCUT2D eigenvalue weighted by atomic mass is 32.2. The van der Waals surface area contributed by atoms with Gasteiger partial charge in [0.05, 0.1) is 0 Å². The molecule has 1 heterocycles. The van der Waals surface area contributed by atoms with Crippen LogP contribution in [0.1, 0.15) is 26.2 Å². The first-order valence-corrected chi connectivity index (χ1v) is 7.17. The molecule has 1 atom stereocenters. The van der Waals surface area contributed by atoms with E-state index in [1.807, 2.05) is 11.8 Å².